The Labute approximate surface area is 150 Å². The van der Waals surface area contributed by atoms with E-state index < -0.39 is 0 Å². The Balaban J connectivity index is 1.43. The molecule has 4 aromatic heterocycles. The van der Waals surface area contributed by atoms with Gasteiger partial charge in [0.25, 0.3) is 0 Å². The van der Waals surface area contributed by atoms with Gasteiger partial charge in [-0.05, 0) is 31.9 Å². The first kappa shape index (κ1) is 15.2. The number of hydrogen-bond acceptors (Lipinski definition) is 6. The van der Waals surface area contributed by atoms with Crippen LogP contribution in [-0.4, -0.2) is 47.4 Å². The van der Waals surface area contributed by atoms with Gasteiger partial charge >= 0.3 is 0 Å². The molecular formula is C18H20N8. The summed E-state index contributed by atoms with van der Waals surface area (Å²) in [5.41, 5.74) is 1.80. The van der Waals surface area contributed by atoms with Crippen molar-refractivity contribution in [3.05, 3.63) is 42.2 Å². The van der Waals surface area contributed by atoms with Gasteiger partial charge in [-0.25, -0.2) is 9.97 Å². The number of rotatable bonds is 2. The molecule has 8 heteroatoms. The van der Waals surface area contributed by atoms with E-state index in [0.717, 1.165) is 60.1 Å². The summed E-state index contributed by atoms with van der Waals surface area (Å²) in [6, 6.07) is 6.01. The van der Waals surface area contributed by atoms with Crippen LogP contribution in [0, 0.1) is 6.92 Å². The zero-order valence-corrected chi connectivity index (χ0v) is 14.9. The quantitative estimate of drug-likeness (QED) is 0.552. The summed E-state index contributed by atoms with van der Waals surface area (Å²) in [5.74, 6) is 3.24. The number of fused-ring (bicyclic) bond motifs is 2. The molecule has 1 aliphatic rings. The van der Waals surface area contributed by atoms with Crippen LogP contribution in [0.15, 0.2) is 30.6 Å². The second-order valence-corrected chi connectivity index (χ2v) is 6.85. The van der Waals surface area contributed by atoms with Gasteiger partial charge in [0.2, 0.25) is 0 Å². The fourth-order valence-electron chi connectivity index (χ4n) is 3.84. The molecule has 0 bridgehead atoms. The van der Waals surface area contributed by atoms with Crippen molar-refractivity contribution in [1.82, 2.24) is 34.3 Å². The van der Waals surface area contributed by atoms with Crippen molar-refractivity contribution in [3.63, 3.8) is 0 Å². The summed E-state index contributed by atoms with van der Waals surface area (Å²) >= 11 is 0. The third-order valence-corrected chi connectivity index (χ3v) is 5.18. The molecule has 26 heavy (non-hydrogen) atoms. The molecule has 5 heterocycles. The lowest BCUT2D eigenvalue weighted by Gasteiger charge is -2.32. The normalized spacial score (nSPS) is 16.0. The van der Waals surface area contributed by atoms with Gasteiger partial charge in [0.05, 0.1) is 11.6 Å². The molecule has 0 aromatic carbocycles. The number of aromatic nitrogens is 7. The van der Waals surface area contributed by atoms with Crippen molar-refractivity contribution in [2.45, 2.75) is 25.7 Å². The van der Waals surface area contributed by atoms with Crippen LogP contribution in [0.2, 0.25) is 0 Å². The number of aryl methyl sites for hydroxylation is 2. The maximum absolute atomic E-state index is 4.70. The lowest BCUT2D eigenvalue weighted by Crippen LogP contribution is -2.34. The van der Waals surface area contributed by atoms with Gasteiger partial charge in [0.15, 0.2) is 11.3 Å². The van der Waals surface area contributed by atoms with Crippen LogP contribution in [0.25, 0.3) is 16.7 Å². The van der Waals surface area contributed by atoms with Gasteiger partial charge in [-0.15, -0.1) is 10.2 Å². The van der Waals surface area contributed by atoms with Crippen molar-refractivity contribution < 1.29 is 0 Å². The van der Waals surface area contributed by atoms with E-state index >= 15 is 0 Å². The summed E-state index contributed by atoms with van der Waals surface area (Å²) in [6.45, 7) is 3.81. The van der Waals surface area contributed by atoms with Crippen molar-refractivity contribution in [2.75, 3.05) is 18.0 Å². The maximum atomic E-state index is 4.70. The fraction of sp³-hybridized carbons (Fsp3) is 0.389. The predicted octanol–water partition coefficient (Wildman–Crippen LogP) is 2.10. The average molecular weight is 348 g/mol. The second-order valence-electron chi connectivity index (χ2n) is 6.85. The zero-order valence-electron chi connectivity index (χ0n) is 14.9. The second kappa shape index (κ2) is 5.76. The molecule has 5 rings (SSSR count). The standard InChI is InChI=1S/C18H20N8/c1-12-20-17-14(11-19-24(17)2)18(21-12)25-9-6-13(7-10-25)16-23-22-15-5-3-4-8-26(15)16/h3-5,8,11,13H,6-7,9-10H2,1-2H3. The van der Waals surface area contributed by atoms with Crippen LogP contribution in [0.4, 0.5) is 5.82 Å². The average Bonchev–Trinajstić information content (AvgIpc) is 3.26. The van der Waals surface area contributed by atoms with E-state index in [1.54, 1.807) is 0 Å². The molecule has 1 saturated heterocycles. The first-order valence-corrected chi connectivity index (χ1v) is 8.91. The highest BCUT2D eigenvalue weighted by molar-refractivity contribution is 5.87. The summed E-state index contributed by atoms with van der Waals surface area (Å²) in [4.78, 5) is 11.6. The summed E-state index contributed by atoms with van der Waals surface area (Å²) in [6.07, 6.45) is 5.97. The van der Waals surface area contributed by atoms with E-state index in [1.165, 1.54) is 0 Å². The van der Waals surface area contributed by atoms with E-state index in [2.05, 4.69) is 29.6 Å². The SMILES string of the molecule is Cc1nc(N2CCC(c3nnc4ccccn34)CC2)c2cnn(C)c2n1. The lowest BCUT2D eigenvalue weighted by molar-refractivity contribution is 0.481. The summed E-state index contributed by atoms with van der Waals surface area (Å²) in [5, 5.41) is 14.1. The minimum Gasteiger partial charge on any atom is -0.356 e. The Bertz CT molecular complexity index is 1090. The van der Waals surface area contributed by atoms with Gasteiger partial charge in [0, 0.05) is 32.3 Å². The van der Waals surface area contributed by atoms with Crippen LogP contribution in [-0.2, 0) is 7.05 Å². The Morgan fingerprint density at radius 2 is 1.92 bits per heavy atom. The molecule has 0 N–H and O–H groups in total. The van der Waals surface area contributed by atoms with Crippen LogP contribution >= 0.6 is 0 Å². The third-order valence-electron chi connectivity index (χ3n) is 5.18. The molecule has 4 aromatic rings. The summed E-state index contributed by atoms with van der Waals surface area (Å²) in [7, 11) is 1.92. The number of piperidine rings is 1. The van der Waals surface area contributed by atoms with Crippen LogP contribution in [0.1, 0.15) is 30.4 Å². The van der Waals surface area contributed by atoms with Gasteiger partial charge < -0.3 is 4.90 Å². The highest BCUT2D eigenvalue weighted by Gasteiger charge is 2.26. The Kier molecular flexibility index (Phi) is 3.37. The van der Waals surface area contributed by atoms with E-state index in [1.807, 2.05) is 49.2 Å². The van der Waals surface area contributed by atoms with Crippen LogP contribution in [0.3, 0.4) is 0 Å². The van der Waals surface area contributed by atoms with E-state index in [9.17, 15) is 0 Å². The molecule has 132 valence electrons. The van der Waals surface area contributed by atoms with Crippen molar-refractivity contribution in [3.8, 4) is 0 Å². The van der Waals surface area contributed by atoms with Crippen LogP contribution < -0.4 is 4.90 Å². The minimum atomic E-state index is 0.413. The molecule has 0 unspecified atom stereocenters. The first-order valence-electron chi connectivity index (χ1n) is 8.91. The van der Waals surface area contributed by atoms with E-state index in [-0.39, 0.29) is 0 Å². The Morgan fingerprint density at radius 1 is 1.08 bits per heavy atom. The van der Waals surface area contributed by atoms with E-state index in [0.29, 0.717) is 5.92 Å². The Morgan fingerprint density at radius 3 is 2.77 bits per heavy atom. The van der Waals surface area contributed by atoms with Gasteiger partial charge in [-0.1, -0.05) is 6.07 Å². The smallest absolute Gasteiger partial charge is 0.163 e. The minimum absolute atomic E-state index is 0.413. The van der Waals surface area contributed by atoms with Gasteiger partial charge in [-0.3, -0.25) is 9.08 Å². The van der Waals surface area contributed by atoms with Crippen LogP contribution in [0.5, 0.6) is 0 Å². The van der Waals surface area contributed by atoms with Crippen molar-refractivity contribution in [2.24, 2.45) is 7.05 Å². The first-order chi connectivity index (χ1) is 12.7. The number of nitrogens with zero attached hydrogens (tertiary/aromatic N) is 8. The van der Waals surface area contributed by atoms with Gasteiger partial charge in [0.1, 0.15) is 17.5 Å². The molecule has 0 radical (unpaired) electrons. The molecule has 1 aliphatic heterocycles. The monoisotopic (exact) mass is 348 g/mol. The molecule has 0 amide bonds. The predicted molar refractivity (Wildman–Crippen MR) is 98.2 cm³/mol. The fourth-order valence-corrected chi connectivity index (χ4v) is 3.84. The van der Waals surface area contributed by atoms with Gasteiger partial charge in [-0.2, -0.15) is 5.10 Å². The summed E-state index contributed by atoms with van der Waals surface area (Å²) < 4.78 is 3.91. The highest BCUT2D eigenvalue weighted by Crippen LogP contribution is 2.31. The van der Waals surface area contributed by atoms with Crippen molar-refractivity contribution >= 4 is 22.5 Å². The molecule has 0 spiro atoms. The molecule has 0 saturated carbocycles. The molecule has 0 aliphatic carbocycles. The third kappa shape index (κ3) is 2.33. The molecular weight excluding hydrogens is 328 g/mol. The zero-order chi connectivity index (χ0) is 17.7. The number of anilines is 1. The number of hydrogen-bond donors (Lipinski definition) is 0. The maximum Gasteiger partial charge on any atom is 0.163 e. The topological polar surface area (TPSA) is 77.0 Å². The lowest BCUT2D eigenvalue weighted by atomic mass is 9.96. The molecule has 8 nitrogen and oxygen atoms in total. The number of pyridine rings is 1. The van der Waals surface area contributed by atoms with Crippen molar-refractivity contribution in [1.29, 1.82) is 0 Å². The van der Waals surface area contributed by atoms with E-state index in [4.69, 9.17) is 4.98 Å². The molecule has 1 fully saturated rings. The molecule has 0 atom stereocenters. The largest absolute Gasteiger partial charge is 0.356 e. The highest BCUT2D eigenvalue weighted by atomic mass is 15.3. The Hall–Kier alpha value is -3.03.